The summed E-state index contributed by atoms with van der Waals surface area (Å²) in [6.45, 7) is 4.92. The quantitative estimate of drug-likeness (QED) is 0.541. The molecule has 0 bridgehead atoms. The van der Waals surface area contributed by atoms with Crippen LogP contribution in [0.1, 0.15) is 52.4 Å². The van der Waals surface area contributed by atoms with Crippen LogP contribution in [0.25, 0.3) is 10.2 Å². The van der Waals surface area contributed by atoms with Crippen LogP contribution in [-0.2, 0) is 4.74 Å². The van der Waals surface area contributed by atoms with Gasteiger partial charge in [0.1, 0.15) is 6.23 Å². The molecule has 2 aliphatic carbocycles. The van der Waals surface area contributed by atoms with Crippen molar-refractivity contribution in [3.8, 4) is 10.9 Å². The fourth-order valence-electron chi connectivity index (χ4n) is 3.78. The fourth-order valence-corrected chi connectivity index (χ4v) is 4.64. The second-order valence-electron chi connectivity index (χ2n) is 8.55. The van der Waals surface area contributed by atoms with E-state index in [1.807, 2.05) is 6.92 Å². The molecule has 0 radical (unpaired) electrons. The van der Waals surface area contributed by atoms with Crippen LogP contribution in [-0.4, -0.2) is 47.8 Å². The minimum atomic E-state index is -0.542. The molecule has 2 aliphatic rings. The van der Waals surface area contributed by atoms with Crippen molar-refractivity contribution in [2.45, 2.75) is 76.9 Å². The zero-order valence-corrected chi connectivity index (χ0v) is 18.4. The maximum Gasteiger partial charge on any atom is 0.274 e. The number of ether oxygens (including phenoxy) is 3. The number of nitrogens with one attached hydrogen (secondary N) is 1. The number of hydrogen-bond acceptors (Lipinski definition) is 7. The van der Waals surface area contributed by atoms with Crippen molar-refractivity contribution >= 4 is 21.6 Å². The van der Waals surface area contributed by atoms with Gasteiger partial charge in [0.05, 0.1) is 35.6 Å². The number of thiazole rings is 1. The predicted molar refractivity (Wildman–Crippen MR) is 115 cm³/mol. The average Bonchev–Trinajstić information content (AvgIpc) is 3.45. The van der Waals surface area contributed by atoms with E-state index in [2.05, 4.69) is 10.3 Å². The lowest BCUT2D eigenvalue weighted by Crippen LogP contribution is -2.39. The first-order chi connectivity index (χ1) is 14.5. The highest BCUT2D eigenvalue weighted by Gasteiger charge is 2.26. The van der Waals surface area contributed by atoms with E-state index in [9.17, 15) is 9.50 Å². The van der Waals surface area contributed by atoms with Crippen LogP contribution in [0.15, 0.2) is 12.1 Å². The Hall–Kier alpha value is -1.48. The molecule has 0 amide bonds. The number of benzene rings is 1. The smallest absolute Gasteiger partial charge is 0.274 e. The van der Waals surface area contributed by atoms with E-state index in [-0.39, 0.29) is 24.1 Å². The monoisotopic (exact) mass is 438 g/mol. The number of aliphatic hydroxyl groups is 1. The van der Waals surface area contributed by atoms with Crippen molar-refractivity contribution in [3.63, 3.8) is 0 Å². The van der Waals surface area contributed by atoms with Crippen LogP contribution in [0.4, 0.5) is 4.39 Å². The molecule has 0 aliphatic heterocycles. The van der Waals surface area contributed by atoms with Crippen LogP contribution in [0.2, 0.25) is 0 Å². The zero-order valence-electron chi connectivity index (χ0n) is 17.6. The number of rotatable bonds is 10. The number of nitrogens with zero attached hydrogens (tertiary/aromatic N) is 1. The first kappa shape index (κ1) is 21.7. The molecule has 166 valence electrons. The first-order valence-electron chi connectivity index (χ1n) is 10.9. The van der Waals surface area contributed by atoms with Gasteiger partial charge in [-0.3, -0.25) is 5.32 Å². The minimum absolute atomic E-state index is 0.0108. The second kappa shape index (κ2) is 9.77. The van der Waals surface area contributed by atoms with E-state index in [4.69, 9.17) is 14.2 Å². The standard InChI is InChI=1S/C22H31FN2O4S/c1-13(24-14(2)26)11-27-16-5-7-17(8-6-16)29-19-10-9-18-21(20(19)23)30-22(25-18)28-12-15-3-4-15/h9-10,13-17,24,26H,3-8,11-12H2,1-2H3/t13-,14?,16-,17-/m0/s1. The molecular formula is C22H31FN2O4S. The summed E-state index contributed by atoms with van der Waals surface area (Å²) in [5, 5.41) is 12.9. The topological polar surface area (TPSA) is 72.8 Å². The maximum atomic E-state index is 15.0. The SMILES string of the molecule is CC(O)N[C@@H](C)CO[C@H]1CC[C@H](Oc2ccc3nc(OCC4CC4)sc3c2F)CC1. The van der Waals surface area contributed by atoms with E-state index in [0.29, 0.717) is 40.3 Å². The lowest BCUT2D eigenvalue weighted by molar-refractivity contribution is -0.0110. The molecule has 1 heterocycles. The van der Waals surface area contributed by atoms with Crippen LogP contribution in [0.3, 0.4) is 0 Å². The third-order valence-corrected chi connectivity index (χ3v) is 6.58. The highest BCUT2D eigenvalue weighted by molar-refractivity contribution is 7.20. The molecule has 2 saturated carbocycles. The molecule has 1 aromatic carbocycles. The molecule has 4 rings (SSSR count). The molecule has 2 fully saturated rings. The van der Waals surface area contributed by atoms with Crippen molar-refractivity contribution in [2.24, 2.45) is 5.92 Å². The molecule has 0 saturated heterocycles. The number of hydrogen-bond donors (Lipinski definition) is 2. The Bertz CT molecular complexity index is 834. The summed E-state index contributed by atoms with van der Waals surface area (Å²) < 4.78 is 33.1. The van der Waals surface area contributed by atoms with Gasteiger partial charge in [-0.2, -0.15) is 0 Å². The summed E-state index contributed by atoms with van der Waals surface area (Å²) in [5.41, 5.74) is 0.618. The summed E-state index contributed by atoms with van der Waals surface area (Å²) in [6, 6.07) is 3.57. The number of aromatic nitrogens is 1. The molecular weight excluding hydrogens is 407 g/mol. The number of aliphatic hydroxyl groups excluding tert-OH is 1. The summed E-state index contributed by atoms with van der Waals surface area (Å²) in [4.78, 5) is 4.39. The molecule has 6 nitrogen and oxygen atoms in total. The molecule has 2 N–H and O–H groups in total. The normalized spacial score (nSPS) is 24.0. The molecule has 1 unspecified atom stereocenters. The average molecular weight is 439 g/mol. The lowest BCUT2D eigenvalue weighted by atomic mass is 9.95. The van der Waals surface area contributed by atoms with Crippen molar-refractivity contribution in [1.29, 1.82) is 0 Å². The summed E-state index contributed by atoms with van der Waals surface area (Å²) in [7, 11) is 0. The largest absolute Gasteiger partial charge is 0.487 e. The first-order valence-corrected chi connectivity index (χ1v) is 11.7. The van der Waals surface area contributed by atoms with E-state index in [1.165, 1.54) is 24.2 Å². The molecule has 30 heavy (non-hydrogen) atoms. The van der Waals surface area contributed by atoms with E-state index < -0.39 is 6.23 Å². The van der Waals surface area contributed by atoms with Crippen molar-refractivity contribution < 1.29 is 23.7 Å². The van der Waals surface area contributed by atoms with Gasteiger partial charge in [-0.05, 0) is 70.4 Å². The molecule has 8 heteroatoms. The molecule has 2 atom stereocenters. The lowest BCUT2D eigenvalue weighted by Gasteiger charge is -2.30. The van der Waals surface area contributed by atoms with Crippen molar-refractivity contribution in [2.75, 3.05) is 13.2 Å². The van der Waals surface area contributed by atoms with Gasteiger partial charge in [0.2, 0.25) is 0 Å². The van der Waals surface area contributed by atoms with Crippen LogP contribution in [0.5, 0.6) is 10.9 Å². The third kappa shape index (κ3) is 5.81. The van der Waals surface area contributed by atoms with Crippen molar-refractivity contribution in [3.05, 3.63) is 17.9 Å². The van der Waals surface area contributed by atoms with Crippen molar-refractivity contribution in [1.82, 2.24) is 10.3 Å². The van der Waals surface area contributed by atoms with E-state index in [0.717, 1.165) is 25.7 Å². The Kier molecular flexibility index (Phi) is 7.08. The Balaban J connectivity index is 1.27. The Morgan fingerprint density at radius 3 is 2.60 bits per heavy atom. The maximum absolute atomic E-state index is 15.0. The number of fused-ring (bicyclic) bond motifs is 1. The van der Waals surface area contributed by atoms with Crippen LogP contribution < -0.4 is 14.8 Å². The van der Waals surface area contributed by atoms with E-state index >= 15 is 0 Å². The van der Waals surface area contributed by atoms with Gasteiger partial charge in [0.25, 0.3) is 5.19 Å². The summed E-state index contributed by atoms with van der Waals surface area (Å²) >= 11 is 1.25. The third-order valence-electron chi connectivity index (χ3n) is 5.60. The Morgan fingerprint density at radius 2 is 1.90 bits per heavy atom. The van der Waals surface area contributed by atoms with Gasteiger partial charge in [0, 0.05) is 6.04 Å². The van der Waals surface area contributed by atoms with Gasteiger partial charge < -0.3 is 19.3 Å². The summed E-state index contributed by atoms with van der Waals surface area (Å²) in [5.74, 6) is 0.583. The van der Waals surface area contributed by atoms with Gasteiger partial charge in [-0.25, -0.2) is 9.37 Å². The number of halogens is 1. The molecule has 2 aromatic rings. The molecule has 1 aromatic heterocycles. The highest BCUT2D eigenvalue weighted by Crippen LogP contribution is 2.37. The van der Waals surface area contributed by atoms with Crippen LogP contribution in [0, 0.1) is 11.7 Å². The fraction of sp³-hybridized carbons (Fsp3) is 0.682. The summed E-state index contributed by atoms with van der Waals surface area (Å²) in [6.07, 6.45) is 5.49. The van der Waals surface area contributed by atoms with E-state index in [1.54, 1.807) is 19.1 Å². The molecule has 0 spiro atoms. The Morgan fingerprint density at radius 1 is 1.17 bits per heavy atom. The van der Waals surface area contributed by atoms with Gasteiger partial charge in [-0.15, -0.1) is 0 Å². The predicted octanol–water partition coefficient (Wildman–Crippen LogP) is 4.25. The minimum Gasteiger partial charge on any atom is -0.487 e. The van der Waals surface area contributed by atoms with Gasteiger partial charge >= 0.3 is 0 Å². The van der Waals surface area contributed by atoms with Crippen LogP contribution >= 0.6 is 11.3 Å². The van der Waals surface area contributed by atoms with Gasteiger partial charge in [0.15, 0.2) is 11.6 Å². The Labute approximate surface area is 180 Å². The second-order valence-corrected chi connectivity index (χ2v) is 9.52. The zero-order chi connectivity index (χ0) is 21.1. The highest BCUT2D eigenvalue weighted by atomic mass is 32.1. The van der Waals surface area contributed by atoms with Gasteiger partial charge in [-0.1, -0.05) is 11.3 Å².